The van der Waals surface area contributed by atoms with Crippen molar-refractivity contribution in [2.45, 2.75) is 45.1 Å². The first-order chi connectivity index (χ1) is 12.8. The summed E-state index contributed by atoms with van der Waals surface area (Å²) in [4.78, 5) is 4.97. The molecular formula is C22H36N2O2. The van der Waals surface area contributed by atoms with Gasteiger partial charge in [-0.15, -0.1) is 0 Å². The first-order valence-electron chi connectivity index (χ1n) is 10.5. The summed E-state index contributed by atoms with van der Waals surface area (Å²) in [6.07, 6.45) is 7.77. The number of likely N-dealkylation sites (tertiary alicyclic amines) is 2. The van der Waals surface area contributed by atoms with E-state index in [2.05, 4.69) is 41.1 Å². The second-order valence-corrected chi connectivity index (χ2v) is 8.01. The molecule has 0 unspecified atom stereocenters. The Balaban J connectivity index is 1.27. The molecule has 0 aliphatic carbocycles. The Morgan fingerprint density at radius 1 is 0.962 bits per heavy atom. The van der Waals surface area contributed by atoms with Gasteiger partial charge in [0.25, 0.3) is 0 Å². The monoisotopic (exact) mass is 360 g/mol. The molecule has 0 N–H and O–H groups in total. The van der Waals surface area contributed by atoms with Crippen molar-refractivity contribution < 1.29 is 9.47 Å². The van der Waals surface area contributed by atoms with Gasteiger partial charge in [0.1, 0.15) is 5.75 Å². The van der Waals surface area contributed by atoms with Crippen LogP contribution < -0.4 is 4.74 Å². The minimum Gasteiger partial charge on any atom is -0.494 e. The zero-order valence-electron chi connectivity index (χ0n) is 16.5. The molecule has 0 atom stereocenters. The van der Waals surface area contributed by atoms with Gasteiger partial charge in [0.05, 0.1) is 13.2 Å². The highest BCUT2D eigenvalue weighted by Crippen LogP contribution is 2.18. The zero-order valence-corrected chi connectivity index (χ0v) is 16.5. The largest absolute Gasteiger partial charge is 0.494 e. The van der Waals surface area contributed by atoms with Gasteiger partial charge in [0.15, 0.2) is 0 Å². The number of rotatable bonds is 9. The molecule has 2 fully saturated rings. The fourth-order valence-corrected chi connectivity index (χ4v) is 3.92. The van der Waals surface area contributed by atoms with Crippen molar-refractivity contribution in [3.63, 3.8) is 0 Å². The molecule has 0 aromatic heterocycles. The van der Waals surface area contributed by atoms with E-state index in [1.54, 1.807) is 0 Å². The maximum Gasteiger partial charge on any atom is 0.119 e. The van der Waals surface area contributed by atoms with Crippen LogP contribution >= 0.6 is 0 Å². The van der Waals surface area contributed by atoms with Gasteiger partial charge in [-0.25, -0.2) is 0 Å². The summed E-state index contributed by atoms with van der Waals surface area (Å²) < 4.78 is 11.8. The quantitative estimate of drug-likeness (QED) is 0.626. The summed E-state index contributed by atoms with van der Waals surface area (Å²) in [7, 11) is 2.20. The first kappa shape index (κ1) is 19.7. The Kier molecular flexibility index (Phi) is 8.24. The smallest absolute Gasteiger partial charge is 0.119 e. The number of ether oxygens (including phenoxy) is 2. The van der Waals surface area contributed by atoms with Gasteiger partial charge in [-0.05, 0) is 88.9 Å². The van der Waals surface area contributed by atoms with E-state index in [1.165, 1.54) is 70.4 Å². The zero-order chi connectivity index (χ0) is 18.0. The molecule has 1 aromatic rings. The highest BCUT2D eigenvalue weighted by molar-refractivity contribution is 5.26. The van der Waals surface area contributed by atoms with E-state index >= 15 is 0 Å². The van der Waals surface area contributed by atoms with E-state index in [1.807, 2.05) is 0 Å². The summed E-state index contributed by atoms with van der Waals surface area (Å²) in [5, 5.41) is 0. The van der Waals surface area contributed by atoms with Gasteiger partial charge in [0.2, 0.25) is 0 Å². The Bertz CT molecular complexity index is 491. The molecule has 2 heterocycles. The van der Waals surface area contributed by atoms with Gasteiger partial charge in [-0.1, -0.05) is 18.6 Å². The fourth-order valence-electron chi connectivity index (χ4n) is 3.92. The van der Waals surface area contributed by atoms with E-state index in [9.17, 15) is 0 Å². The van der Waals surface area contributed by atoms with Crippen LogP contribution in [0.25, 0.3) is 0 Å². The van der Waals surface area contributed by atoms with Crippen LogP contribution in [0.5, 0.6) is 5.75 Å². The van der Waals surface area contributed by atoms with E-state index < -0.39 is 0 Å². The second-order valence-electron chi connectivity index (χ2n) is 8.01. The topological polar surface area (TPSA) is 24.9 Å². The summed E-state index contributed by atoms with van der Waals surface area (Å²) in [6.45, 7) is 8.53. The van der Waals surface area contributed by atoms with Crippen LogP contribution in [0.15, 0.2) is 24.3 Å². The SMILES string of the molecule is CN1CCC(COCc2ccc(OCCCN3CCCCC3)cc2)CC1. The Labute approximate surface area is 159 Å². The lowest BCUT2D eigenvalue weighted by molar-refractivity contribution is 0.0622. The van der Waals surface area contributed by atoms with Crippen molar-refractivity contribution in [3.05, 3.63) is 29.8 Å². The van der Waals surface area contributed by atoms with Crippen molar-refractivity contribution in [3.8, 4) is 5.75 Å². The normalized spacial score (nSPS) is 20.3. The fraction of sp³-hybridized carbons (Fsp3) is 0.727. The number of nitrogens with zero attached hydrogens (tertiary/aromatic N) is 2. The minimum atomic E-state index is 0.710. The van der Waals surface area contributed by atoms with Crippen LogP contribution in [-0.4, -0.2) is 62.8 Å². The highest BCUT2D eigenvalue weighted by atomic mass is 16.5. The summed E-state index contributed by atoms with van der Waals surface area (Å²) >= 11 is 0. The number of benzene rings is 1. The Morgan fingerprint density at radius 3 is 2.42 bits per heavy atom. The second kappa shape index (κ2) is 10.9. The maximum absolute atomic E-state index is 5.94. The summed E-state index contributed by atoms with van der Waals surface area (Å²) in [6, 6.07) is 8.42. The van der Waals surface area contributed by atoms with Crippen LogP contribution in [0.3, 0.4) is 0 Å². The summed E-state index contributed by atoms with van der Waals surface area (Å²) in [5.74, 6) is 1.71. The van der Waals surface area contributed by atoms with Crippen molar-refractivity contribution in [2.24, 2.45) is 5.92 Å². The third-order valence-electron chi connectivity index (χ3n) is 5.72. The lowest BCUT2D eigenvalue weighted by atomic mass is 9.98. The minimum absolute atomic E-state index is 0.710. The van der Waals surface area contributed by atoms with Gasteiger partial charge in [0, 0.05) is 13.2 Å². The third kappa shape index (κ3) is 6.90. The number of piperidine rings is 2. The molecule has 0 bridgehead atoms. The number of hydrogen-bond acceptors (Lipinski definition) is 4. The van der Waals surface area contributed by atoms with E-state index in [4.69, 9.17) is 9.47 Å². The van der Waals surface area contributed by atoms with Crippen LogP contribution in [0.1, 0.15) is 44.1 Å². The molecule has 1 aromatic carbocycles. The molecule has 4 nitrogen and oxygen atoms in total. The number of hydrogen-bond donors (Lipinski definition) is 0. The molecule has 146 valence electrons. The van der Waals surface area contributed by atoms with Crippen LogP contribution in [0.2, 0.25) is 0 Å². The van der Waals surface area contributed by atoms with Gasteiger partial charge < -0.3 is 19.3 Å². The molecular weight excluding hydrogens is 324 g/mol. The van der Waals surface area contributed by atoms with Crippen LogP contribution in [-0.2, 0) is 11.3 Å². The maximum atomic E-state index is 5.94. The average Bonchev–Trinajstić information content (AvgIpc) is 2.69. The Hall–Kier alpha value is -1.10. The van der Waals surface area contributed by atoms with Crippen molar-refractivity contribution in [2.75, 3.05) is 53.0 Å². The molecule has 2 saturated heterocycles. The Morgan fingerprint density at radius 2 is 1.69 bits per heavy atom. The van der Waals surface area contributed by atoms with E-state index in [-0.39, 0.29) is 0 Å². The average molecular weight is 361 g/mol. The lowest BCUT2D eigenvalue weighted by Crippen LogP contribution is -2.31. The van der Waals surface area contributed by atoms with Gasteiger partial charge in [-0.2, -0.15) is 0 Å². The van der Waals surface area contributed by atoms with Crippen molar-refractivity contribution >= 4 is 0 Å². The molecule has 3 rings (SSSR count). The van der Waals surface area contributed by atoms with E-state index in [0.717, 1.165) is 31.3 Å². The van der Waals surface area contributed by atoms with Crippen LogP contribution in [0, 0.1) is 5.92 Å². The molecule has 0 saturated carbocycles. The van der Waals surface area contributed by atoms with E-state index in [0.29, 0.717) is 6.61 Å². The van der Waals surface area contributed by atoms with Crippen molar-refractivity contribution in [1.82, 2.24) is 9.80 Å². The molecule has 0 radical (unpaired) electrons. The highest BCUT2D eigenvalue weighted by Gasteiger charge is 2.16. The van der Waals surface area contributed by atoms with Crippen molar-refractivity contribution in [1.29, 1.82) is 0 Å². The standard InChI is InChI=1S/C22H36N2O2/c1-23-15-10-21(11-16-23)19-25-18-20-6-8-22(9-7-20)26-17-5-14-24-12-3-2-4-13-24/h6-9,21H,2-5,10-19H2,1H3. The summed E-state index contributed by atoms with van der Waals surface area (Å²) in [5.41, 5.74) is 1.23. The molecule has 0 amide bonds. The first-order valence-corrected chi connectivity index (χ1v) is 10.5. The molecule has 26 heavy (non-hydrogen) atoms. The molecule has 4 heteroatoms. The molecule has 0 spiro atoms. The predicted octanol–water partition coefficient (Wildman–Crippen LogP) is 3.80. The van der Waals surface area contributed by atoms with Gasteiger partial charge in [-0.3, -0.25) is 0 Å². The predicted molar refractivity (Wildman–Crippen MR) is 107 cm³/mol. The molecule has 2 aliphatic heterocycles. The molecule has 2 aliphatic rings. The van der Waals surface area contributed by atoms with Crippen LogP contribution in [0.4, 0.5) is 0 Å². The third-order valence-corrected chi connectivity index (χ3v) is 5.72. The van der Waals surface area contributed by atoms with Gasteiger partial charge >= 0.3 is 0 Å². The lowest BCUT2D eigenvalue weighted by Gasteiger charge is -2.28.